The summed E-state index contributed by atoms with van der Waals surface area (Å²) < 4.78 is 18.4. The van der Waals surface area contributed by atoms with E-state index in [4.69, 9.17) is 4.74 Å². The second-order valence-corrected chi connectivity index (χ2v) is 4.34. The third kappa shape index (κ3) is 5.48. The first-order valence-corrected chi connectivity index (χ1v) is 6.63. The minimum atomic E-state index is -0.325. The van der Waals surface area contributed by atoms with Crippen molar-refractivity contribution in [1.29, 1.82) is 0 Å². The fraction of sp³-hybridized carbons (Fsp3) is 0.118. The van der Waals surface area contributed by atoms with Gasteiger partial charge in [-0.15, -0.1) is 0 Å². The third-order valence-corrected chi connectivity index (χ3v) is 2.69. The molecule has 0 aliphatic heterocycles. The van der Waals surface area contributed by atoms with Gasteiger partial charge in [0.1, 0.15) is 18.2 Å². The molecule has 2 aromatic carbocycles. The van der Waals surface area contributed by atoms with Gasteiger partial charge in [-0.25, -0.2) is 4.39 Å². The summed E-state index contributed by atoms with van der Waals surface area (Å²) >= 11 is 0. The third-order valence-electron chi connectivity index (χ3n) is 2.69. The Bertz CT molecular complexity index is 611. The van der Waals surface area contributed by atoms with Crippen LogP contribution < -0.4 is 10.1 Å². The fourth-order valence-corrected chi connectivity index (χ4v) is 1.70. The van der Waals surface area contributed by atoms with Gasteiger partial charge in [-0.3, -0.25) is 4.79 Å². The van der Waals surface area contributed by atoms with Gasteiger partial charge in [-0.1, -0.05) is 30.3 Å². The molecular weight excluding hydrogens is 269 g/mol. The molecule has 0 aliphatic carbocycles. The first kappa shape index (κ1) is 14.8. The molecule has 0 atom stereocenters. The van der Waals surface area contributed by atoms with Gasteiger partial charge < -0.3 is 10.1 Å². The summed E-state index contributed by atoms with van der Waals surface area (Å²) in [7, 11) is 0. The molecule has 0 fully saturated rings. The van der Waals surface area contributed by atoms with Crippen molar-refractivity contribution in [3.05, 3.63) is 72.1 Å². The van der Waals surface area contributed by atoms with E-state index in [1.54, 1.807) is 18.2 Å². The summed E-state index contributed by atoms with van der Waals surface area (Å²) in [5, 5.41) is 2.69. The molecule has 1 amide bonds. The lowest BCUT2D eigenvalue weighted by Crippen LogP contribution is -2.26. The molecule has 0 bridgehead atoms. The van der Waals surface area contributed by atoms with Gasteiger partial charge >= 0.3 is 0 Å². The van der Waals surface area contributed by atoms with Crippen molar-refractivity contribution in [2.45, 2.75) is 0 Å². The molecule has 0 aromatic heterocycles. The quantitative estimate of drug-likeness (QED) is 0.654. The van der Waals surface area contributed by atoms with Crippen LogP contribution >= 0.6 is 0 Å². The lowest BCUT2D eigenvalue weighted by molar-refractivity contribution is -0.116. The second kappa shape index (κ2) is 7.85. The minimum absolute atomic E-state index is 0.240. The van der Waals surface area contributed by atoms with Crippen LogP contribution in [0.1, 0.15) is 5.56 Å². The maximum atomic E-state index is 13.0. The number of ether oxygens (including phenoxy) is 1. The molecule has 0 unspecified atom stereocenters. The molecule has 1 N–H and O–H groups in total. The zero-order chi connectivity index (χ0) is 14.9. The van der Waals surface area contributed by atoms with E-state index >= 15 is 0 Å². The van der Waals surface area contributed by atoms with Crippen LogP contribution in [-0.2, 0) is 4.79 Å². The number of hydrogen-bond acceptors (Lipinski definition) is 2. The first-order chi connectivity index (χ1) is 10.2. The summed E-state index contributed by atoms with van der Waals surface area (Å²) in [5.74, 6) is 0.201. The average Bonchev–Trinajstić information content (AvgIpc) is 2.51. The standard InChI is InChI=1S/C17H16FNO2/c18-15-6-4-5-14(13-15)9-10-17(20)19-11-12-21-16-7-2-1-3-8-16/h1-10,13H,11-12H2,(H,19,20). The molecule has 0 saturated carbocycles. The molecule has 3 nitrogen and oxygen atoms in total. The van der Waals surface area contributed by atoms with Gasteiger partial charge in [0, 0.05) is 6.08 Å². The molecule has 0 spiro atoms. The maximum absolute atomic E-state index is 13.0. The van der Waals surface area contributed by atoms with Gasteiger partial charge in [0.2, 0.25) is 5.91 Å². The number of rotatable bonds is 6. The predicted octanol–water partition coefficient (Wildman–Crippen LogP) is 3.03. The van der Waals surface area contributed by atoms with Gasteiger partial charge in [0.05, 0.1) is 6.54 Å². The van der Waals surface area contributed by atoms with Crippen LogP contribution in [0.2, 0.25) is 0 Å². The number of hydrogen-bond donors (Lipinski definition) is 1. The Morgan fingerprint density at radius 2 is 1.95 bits per heavy atom. The highest BCUT2D eigenvalue weighted by molar-refractivity contribution is 5.91. The van der Waals surface area contributed by atoms with Crippen molar-refractivity contribution < 1.29 is 13.9 Å². The highest BCUT2D eigenvalue weighted by atomic mass is 19.1. The fourth-order valence-electron chi connectivity index (χ4n) is 1.70. The van der Waals surface area contributed by atoms with Crippen molar-refractivity contribution in [3.8, 4) is 5.75 Å². The number of para-hydroxylation sites is 1. The highest BCUT2D eigenvalue weighted by Gasteiger charge is 1.96. The monoisotopic (exact) mass is 285 g/mol. The van der Waals surface area contributed by atoms with Crippen molar-refractivity contribution in [3.63, 3.8) is 0 Å². The molecule has 21 heavy (non-hydrogen) atoms. The molecular formula is C17H16FNO2. The summed E-state index contributed by atoms with van der Waals surface area (Å²) in [5.41, 5.74) is 0.644. The molecule has 2 rings (SSSR count). The number of halogens is 1. The Hall–Kier alpha value is -2.62. The zero-order valence-corrected chi connectivity index (χ0v) is 11.5. The van der Waals surface area contributed by atoms with Crippen LogP contribution in [0, 0.1) is 5.82 Å². The largest absolute Gasteiger partial charge is 0.492 e. The smallest absolute Gasteiger partial charge is 0.244 e. The van der Waals surface area contributed by atoms with E-state index in [2.05, 4.69) is 5.32 Å². The van der Waals surface area contributed by atoms with Crippen LogP contribution in [0.5, 0.6) is 5.75 Å². The van der Waals surface area contributed by atoms with Gasteiger partial charge in [-0.2, -0.15) is 0 Å². The molecule has 0 radical (unpaired) electrons. The van der Waals surface area contributed by atoms with Crippen LogP contribution in [0.4, 0.5) is 4.39 Å². The van der Waals surface area contributed by atoms with Crippen molar-refractivity contribution in [1.82, 2.24) is 5.32 Å². The second-order valence-electron chi connectivity index (χ2n) is 4.34. The Labute approximate surface area is 123 Å². The lowest BCUT2D eigenvalue weighted by Gasteiger charge is -2.06. The van der Waals surface area contributed by atoms with Gasteiger partial charge in [0.15, 0.2) is 0 Å². The topological polar surface area (TPSA) is 38.3 Å². The lowest BCUT2D eigenvalue weighted by atomic mass is 10.2. The van der Waals surface area contributed by atoms with Gasteiger partial charge in [-0.05, 0) is 35.9 Å². The van der Waals surface area contributed by atoms with Crippen molar-refractivity contribution in [2.24, 2.45) is 0 Å². The first-order valence-electron chi connectivity index (χ1n) is 6.63. The SMILES string of the molecule is O=C(C=Cc1cccc(F)c1)NCCOc1ccccc1. The van der Waals surface area contributed by atoms with Crippen LogP contribution in [0.3, 0.4) is 0 Å². The van der Waals surface area contributed by atoms with E-state index in [9.17, 15) is 9.18 Å². The predicted molar refractivity (Wildman–Crippen MR) is 80.4 cm³/mol. The van der Waals surface area contributed by atoms with Crippen LogP contribution in [-0.4, -0.2) is 19.1 Å². The maximum Gasteiger partial charge on any atom is 0.244 e. The molecule has 4 heteroatoms. The zero-order valence-electron chi connectivity index (χ0n) is 11.5. The van der Waals surface area contributed by atoms with Crippen LogP contribution in [0.15, 0.2) is 60.7 Å². The molecule has 108 valence electrons. The number of carbonyl (C=O) groups is 1. The number of benzene rings is 2. The van der Waals surface area contributed by atoms with E-state index < -0.39 is 0 Å². The Balaban J connectivity index is 1.70. The van der Waals surface area contributed by atoms with E-state index in [0.717, 1.165) is 5.75 Å². The van der Waals surface area contributed by atoms with Crippen molar-refractivity contribution in [2.75, 3.05) is 13.2 Å². The highest BCUT2D eigenvalue weighted by Crippen LogP contribution is 2.07. The Kier molecular flexibility index (Phi) is 5.52. The normalized spacial score (nSPS) is 10.5. The van der Waals surface area contributed by atoms with E-state index in [0.29, 0.717) is 18.7 Å². The molecule has 0 heterocycles. The Morgan fingerprint density at radius 3 is 2.71 bits per heavy atom. The average molecular weight is 285 g/mol. The van der Waals surface area contributed by atoms with E-state index in [-0.39, 0.29) is 11.7 Å². The molecule has 0 saturated heterocycles. The number of nitrogens with one attached hydrogen (secondary N) is 1. The summed E-state index contributed by atoms with van der Waals surface area (Å²) in [4.78, 5) is 11.6. The summed E-state index contributed by atoms with van der Waals surface area (Å²) in [6.45, 7) is 0.796. The van der Waals surface area contributed by atoms with Crippen molar-refractivity contribution >= 4 is 12.0 Å². The number of amides is 1. The summed E-state index contributed by atoms with van der Waals surface area (Å²) in [6.07, 6.45) is 2.94. The van der Waals surface area contributed by atoms with E-state index in [1.165, 1.54) is 18.2 Å². The number of carbonyl (C=O) groups excluding carboxylic acids is 1. The van der Waals surface area contributed by atoms with Gasteiger partial charge in [0.25, 0.3) is 0 Å². The van der Waals surface area contributed by atoms with E-state index in [1.807, 2.05) is 30.3 Å². The summed E-state index contributed by atoms with van der Waals surface area (Å²) in [6, 6.07) is 15.4. The minimum Gasteiger partial charge on any atom is -0.492 e. The molecule has 0 aliphatic rings. The molecule has 2 aromatic rings. The Morgan fingerprint density at radius 1 is 1.14 bits per heavy atom. The van der Waals surface area contributed by atoms with Crippen LogP contribution in [0.25, 0.3) is 6.08 Å².